The standard InChI is InChI=1S/C19H21NO6S/c1-24-12-7-17(27-10-12)19(23)20-5-4-11-6-15(25-2)16(26-3)8-13(11)14(20)9-18(21)22/h6-8,10,14H,4-5,9H2,1-3H3,(H,21,22). The molecule has 0 fully saturated rings. The molecule has 0 aliphatic carbocycles. The molecule has 1 aliphatic rings. The molecule has 8 heteroatoms. The van der Waals surface area contributed by atoms with Crippen LogP contribution in [0.2, 0.25) is 0 Å². The van der Waals surface area contributed by atoms with Gasteiger partial charge in [0, 0.05) is 18.0 Å². The quantitative estimate of drug-likeness (QED) is 0.815. The van der Waals surface area contributed by atoms with E-state index in [4.69, 9.17) is 14.2 Å². The minimum Gasteiger partial charge on any atom is -0.496 e. The number of carbonyl (C=O) groups excluding carboxylic acids is 1. The zero-order chi connectivity index (χ0) is 19.6. The molecule has 3 rings (SSSR count). The lowest BCUT2D eigenvalue weighted by Gasteiger charge is -2.37. The lowest BCUT2D eigenvalue weighted by atomic mass is 9.90. The predicted octanol–water partition coefficient (Wildman–Crippen LogP) is 2.99. The summed E-state index contributed by atoms with van der Waals surface area (Å²) in [6.45, 7) is 0.430. The molecule has 0 saturated heterocycles. The van der Waals surface area contributed by atoms with Crippen LogP contribution in [0, 0.1) is 0 Å². The maximum atomic E-state index is 13.0. The van der Waals surface area contributed by atoms with Crippen molar-refractivity contribution in [2.24, 2.45) is 0 Å². The third-order valence-corrected chi connectivity index (χ3v) is 5.55. The fourth-order valence-corrected chi connectivity index (χ4v) is 4.15. The summed E-state index contributed by atoms with van der Waals surface area (Å²) in [6, 6.07) is 4.73. The van der Waals surface area contributed by atoms with Crippen molar-refractivity contribution in [3.8, 4) is 17.2 Å². The highest BCUT2D eigenvalue weighted by Gasteiger charge is 2.34. The van der Waals surface area contributed by atoms with E-state index in [9.17, 15) is 14.7 Å². The molecule has 1 aromatic heterocycles. The Labute approximate surface area is 161 Å². The fraction of sp³-hybridized carbons (Fsp3) is 0.368. The smallest absolute Gasteiger partial charge is 0.305 e. The van der Waals surface area contributed by atoms with Crippen LogP contribution in [0.15, 0.2) is 23.6 Å². The second-order valence-corrected chi connectivity index (χ2v) is 7.03. The zero-order valence-corrected chi connectivity index (χ0v) is 16.2. The second kappa shape index (κ2) is 7.87. The highest BCUT2D eigenvalue weighted by molar-refractivity contribution is 7.12. The summed E-state index contributed by atoms with van der Waals surface area (Å²) in [5.74, 6) is 0.549. The number of carboxylic acid groups (broad SMARTS) is 1. The van der Waals surface area contributed by atoms with Gasteiger partial charge in [0.05, 0.1) is 38.7 Å². The summed E-state index contributed by atoms with van der Waals surface area (Å²) in [5, 5.41) is 11.2. The van der Waals surface area contributed by atoms with Gasteiger partial charge < -0.3 is 24.2 Å². The van der Waals surface area contributed by atoms with Crippen molar-refractivity contribution in [2.75, 3.05) is 27.9 Å². The Balaban J connectivity index is 2.01. The fourth-order valence-electron chi connectivity index (χ4n) is 3.34. The van der Waals surface area contributed by atoms with E-state index in [2.05, 4.69) is 0 Å². The largest absolute Gasteiger partial charge is 0.496 e. The number of ether oxygens (including phenoxy) is 3. The van der Waals surface area contributed by atoms with Crippen molar-refractivity contribution in [3.05, 3.63) is 39.6 Å². The molecule has 144 valence electrons. The number of carbonyl (C=O) groups is 2. The Hall–Kier alpha value is -2.74. The van der Waals surface area contributed by atoms with E-state index in [1.807, 2.05) is 6.07 Å². The van der Waals surface area contributed by atoms with E-state index in [0.717, 1.165) is 11.1 Å². The SMILES string of the molecule is COc1csc(C(=O)N2CCc3cc(OC)c(OC)cc3C2CC(=O)O)c1. The molecule has 2 heterocycles. The molecule has 0 saturated carbocycles. The number of amides is 1. The minimum absolute atomic E-state index is 0.184. The topological polar surface area (TPSA) is 85.3 Å². The Morgan fingerprint density at radius 3 is 2.44 bits per heavy atom. The van der Waals surface area contributed by atoms with Crippen molar-refractivity contribution in [3.63, 3.8) is 0 Å². The minimum atomic E-state index is -0.968. The molecule has 1 unspecified atom stereocenters. The summed E-state index contributed by atoms with van der Waals surface area (Å²) in [7, 11) is 4.63. The van der Waals surface area contributed by atoms with Crippen LogP contribution in [0.1, 0.15) is 33.3 Å². The molecule has 1 amide bonds. The molecule has 7 nitrogen and oxygen atoms in total. The van der Waals surface area contributed by atoms with Crippen molar-refractivity contribution in [1.29, 1.82) is 0 Å². The van der Waals surface area contributed by atoms with Crippen molar-refractivity contribution < 1.29 is 28.9 Å². The van der Waals surface area contributed by atoms with Crippen LogP contribution >= 0.6 is 11.3 Å². The molecule has 1 atom stereocenters. The molecular weight excluding hydrogens is 370 g/mol. The summed E-state index contributed by atoms with van der Waals surface area (Å²) in [5.41, 5.74) is 1.74. The highest BCUT2D eigenvalue weighted by Crippen LogP contribution is 2.40. The van der Waals surface area contributed by atoms with Crippen LogP contribution in [-0.2, 0) is 11.2 Å². The number of fused-ring (bicyclic) bond motifs is 1. The van der Waals surface area contributed by atoms with Crippen molar-refractivity contribution >= 4 is 23.2 Å². The third-order valence-electron chi connectivity index (χ3n) is 4.65. The van der Waals surface area contributed by atoms with Gasteiger partial charge in [0.15, 0.2) is 11.5 Å². The molecule has 1 aromatic carbocycles. The van der Waals surface area contributed by atoms with Crippen LogP contribution in [0.4, 0.5) is 0 Å². The summed E-state index contributed by atoms with van der Waals surface area (Å²) < 4.78 is 15.9. The predicted molar refractivity (Wildman–Crippen MR) is 100 cm³/mol. The van der Waals surface area contributed by atoms with Crippen molar-refractivity contribution in [2.45, 2.75) is 18.9 Å². The lowest BCUT2D eigenvalue weighted by molar-refractivity contribution is -0.138. The van der Waals surface area contributed by atoms with E-state index in [-0.39, 0.29) is 12.3 Å². The van der Waals surface area contributed by atoms with Crippen LogP contribution in [0.25, 0.3) is 0 Å². The van der Waals surface area contributed by atoms with Gasteiger partial charge in [-0.05, 0) is 29.7 Å². The molecular formula is C19H21NO6S. The Kier molecular flexibility index (Phi) is 5.55. The maximum Gasteiger partial charge on any atom is 0.305 e. The number of thiophene rings is 1. The van der Waals surface area contributed by atoms with Crippen LogP contribution in [0.5, 0.6) is 17.2 Å². The maximum absolute atomic E-state index is 13.0. The molecule has 1 aliphatic heterocycles. The number of hydrogen-bond acceptors (Lipinski definition) is 6. The molecule has 0 radical (unpaired) electrons. The van der Waals surface area contributed by atoms with Crippen LogP contribution in [0.3, 0.4) is 0 Å². The Morgan fingerprint density at radius 1 is 1.15 bits per heavy atom. The normalized spacial score (nSPS) is 15.8. The first-order valence-corrected chi connectivity index (χ1v) is 9.26. The van der Waals surface area contributed by atoms with E-state index in [1.165, 1.54) is 18.4 Å². The number of carboxylic acids is 1. The first-order valence-electron chi connectivity index (χ1n) is 8.38. The van der Waals surface area contributed by atoms with E-state index >= 15 is 0 Å². The van der Waals surface area contributed by atoms with Crippen LogP contribution < -0.4 is 14.2 Å². The number of hydrogen-bond donors (Lipinski definition) is 1. The first-order chi connectivity index (χ1) is 13.0. The first kappa shape index (κ1) is 19.0. The van der Waals surface area contributed by atoms with Gasteiger partial charge in [0.2, 0.25) is 0 Å². The molecule has 2 aromatic rings. The second-order valence-electron chi connectivity index (χ2n) is 6.12. The monoisotopic (exact) mass is 391 g/mol. The van der Waals surface area contributed by atoms with Gasteiger partial charge in [-0.25, -0.2) is 0 Å². The number of nitrogens with zero attached hydrogens (tertiary/aromatic N) is 1. The number of methoxy groups -OCH3 is 3. The average molecular weight is 391 g/mol. The Morgan fingerprint density at radius 2 is 1.85 bits per heavy atom. The van der Waals surface area contributed by atoms with Crippen LogP contribution in [-0.4, -0.2) is 49.8 Å². The molecule has 27 heavy (non-hydrogen) atoms. The van der Waals surface area contributed by atoms with Gasteiger partial charge in [0.1, 0.15) is 5.75 Å². The van der Waals surface area contributed by atoms with E-state index in [1.54, 1.807) is 36.6 Å². The van der Waals surface area contributed by atoms with Gasteiger partial charge in [0.25, 0.3) is 5.91 Å². The van der Waals surface area contributed by atoms with Gasteiger partial charge in [-0.1, -0.05) is 0 Å². The number of benzene rings is 1. The lowest BCUT2D eigenvalue weighted by Crippen LogP contribution is -2.40. The van der Waals surface area contributed by atoms with Crippen molar-refractivity contribution in [1.82, 2.24) is 4.90 Å². The number of aliphatic carboxylic acids is 1. The average Bonchev–Trinajstić information content (AvgIpc) is 3.15. The summed E-state index contributed by atoms with van der Waals surface area (Å²) in [6.07, 6.45) is 0.427. The van der Waals surface area contributed by atoms with Gasteiger partial charge in [-0.2, -0.15) is 0 Å². The highest BCUT2D eigenvalue weighted by atomic mass is 32.1. The van der Waals surface area contributed by atoms with E-state index < -0.39 is 12.0 Å². The van der Waals surface area contributed by atoms with E-state index in [0.29, 0.717) is 35.1 Å². The molecule has 0 bridgehead atoms. The molecule has 0 spiro atoms. The molecule has 1 N–H and O–H groups in total. The number of rotatable bonds is 6. The van der Waals surface area contributed by atoms with Gasteiger partial charge >= 0.3 is 5.97 Å². The van der Waals surface area contributed by atoms with Gasteiger partial charge in [-0.3, -0.25) is 9.59 Å². The zero-order valence-electron chi connectivity index (χ0n) is 15.4. The third kappa shape index (κ3) is 3.71. The summed E-state index contributed by atoms with van der Waals surface area (Å²) in [4.78, 5) is 26.7. The summed E-state index contributed by atoms with van der Waals surface area (Å²) >= 11 is 1.28. The Bertz CT molecular complexity index is 862. The van der Waals surface area contributed by atoms with Gasteiger partial charge in [-0.15, -0.1) is 11.3 Å².